The van der Waals surface area contributed by atoms with Crippen molar-refractivity contribution in [3.8, 4) is 5.69 Å². The smallest absolute Gasteiger partial charge is 0.168 e. The lowest BCUT2D eigenvalue weighted by atomic mass is 10.3. The van der Waals surface area contributed by atoms with Crippen LogP contribution in [0.15, 0.2) is 37.2 Å². The van der Waals surface area contributed by atoms with Gasteiger partial charge < -0.3 is 10.7 Å². The van der Waals surface area contributed by atoms with Gasteiger partial charge in [-0.25, -0.2) is 14.6 Å². The third-order valence-electron chi connectivity index (χ3n) is 3.09. The summed E-state index contributed by atoms with van der Waals surface area (Å²) in [5.74, 6) is 0.425. The van der Waals surface area contributed by atoms with Crippen molar-refractivity contribution in [1.29, 1.82) is 0 Å². The summed E-state index contributed by atoms with van der Waals surface area (Å²) in [4.78, 5) is 15.5. The number of hydrogen-bond donors (Lipinski definition) is 2. The molecule has 0 spiro atoms. The number of H-pyrrole nitrogens is 1. The molecule has 0 saturated heterocycles. The Labute approximate surface area is 107 Å². The van der Waals surface area contributed by atoms with Crippen LogP contribution in [0.1, 0.15) is 0 Å². The quantitative estimate of drug-likeness (QED) is 0.531. The van der Waals surface area contributed by atoms with Gasteiger partial charge in [0.1, 0.15) is 12.1 Å². The highest BCUT2D eigenvalue weighted by Crippen LogP contribution is 2.24. The van der Waals surface area contributed by atoms with E-state index >= 15 is 0 Å². The van der Waals surface area contributed by atoms with Crippen LogP contribution in [0, 0.1) is 0 Å². The monoisotopic (exact) mass is 251 g/mol. The molecule has 0 unspecified atom stereocenters. The lowest BCUT2D eigenvalue weighted by molar-refractivity contribution is 0.901. The van der Waals surface area contributed by atoms with Gasteiger partial charge in [-0.3, -0.25) is 4.98 Å². The first kappa shape index (κ1) is 10.0. The number of nitrogens with zero attached hydrogens (tertiary/aromatic N) is 5. The van der Waals surface area contributed by atoms with Crippen molar-refractivity contribution in [3.63, 3.8) is 0 Å². The maximum atomic E-state index is 5.81. The highest BCUT2D eigenvalue weighted by molar-refractivity contribution is 5.91. The van der Waals surface area contributed by atoms with Crippen LogP contribution >= 0.6 is 0 Å². The highest BCUT2D eigenvalue weighted by atomic mass is 15.3. The Morgan fingerprint density at radius 1 is 1.16 bits per heavy atom. The van der Waals surface area contributed by atoms with E-state index in [4.69, 9.17) is 5.73 Å². The largest absolute Gasteiger partial charge is 0.383 e. The predicted octanol–water partition coefficient (Wildman–Crippen LogP) is 1.27. The molecule has 0 aromatic carbocycles. The first-order valence-electron chi connectivity index (χ1n) is 5.70. The summed E-state index contributed by atoms with van der Waals surface area (Å²) in [6, 6.07) is 1.91. The van der Waals surface area contributed by atoms with E-state index in [1.54, 1.807) is 23.3 Å². The van der Waals surface area contributed by atoms with E-state index in [1.807, 2.05) is 12.3 Å². The normalized spacial score (nSPS) is 11.4. The van der Waals surface area contributed by atoms with E-state index < -0.39 is 0 Å². The van der Waals surface area contributed by atoms with Crippen molar-refractivity contribution in [2.24, 2.45) is 0 Å². The molecule has 7 nitrogen and oxygen atoms in total. The fraction of sp³-hybridized carbons (Fsp3) is 0. The molecular weight excluding hydrogens is 242 g/mol. The Morgan fingerprint density at radius 3 is 3.05 bits per heavy atom. The summed E-state index contributed by atoms with van der Waals surface area (Å²) >= 11 is 0. The molecule has 19 heavy (non-hydrogen) atoms. The van der Waals surface area contributed by atoms with Crippen LogP contribution in [0.25, 0.3) is 27.6 Å². The molecule has 7 heteroatoms. The van der Waals surface area contributed by atoms with E-state index in [-0.39, 0.29) is 0 Å². The SMILES string of the molecule is Nc1ncnc2c1cnn2-c1c[nH]c2ccncc12. The van der Waals surface area contributed by atoms with E-state index in [9.17, 15) is 0 Å². The molecule has 92 valence electrons. The zero-order valence-corrected chi connectivity index (χ0v) is 9.78. The Kier molecular flexibility index (Phi) is 1.85. The molecule has 4 aromatic heterocycles. The van der Waals surface area contributed by atoms with Crippen LogP contribution in [0.2, 0.25) is 0 Å². The molecular formula is C12H9N7. The molecule has 0 atom stereocenters. The van der Waals surface area contributed by atoms with Gasteiger partial charge in [-0.15, -0.1) is 0 Å². The van der Waals surface area contributed by atoms with Gasteiger partial charge >= 0.3 is 0 Å². The zero-order chi connectivity index (χ0) is 12.8. The van der Waals surface area contributed by atoms with Crippen LogP contribution < -0.4 is 5.73 Å². The van der Waals surface area contributed by atoms with Crippen molar-refractivity contribution in [1.82, 2.24) is 29.7 Å². The van der Waals surface area contributed by atoms with Crippen LogP contribution in [0.3, 0.4) is 0 Å². The molecule has 3 N–H and O–H groups in total. The summed E-state index contributed by atoms with van der Waals surface area (Å²) < 4.78 is 1.73. The molecule has 0 aliphatic heterocycles. The van der Waals surface area contributed by atoms with Gasteiger partial charge in [0.25, 0.3) is 0 Å². The van der Waals surface area contributed by atoms with Crippen LogP contribution in [0.5, 0.6) is 0 Å². The molecule has 0 aliphatic carbocycles. The van der Waals surface area contributed by atoms with Crippen LogP contribution in [-0.2, 0) is 0 Å². The van der Waals surface area contributed by atoms with Crippen molar-refractivity contribution in [2.75, 3.05) is 5.73 Å². The summed E-state index contributed by atoms with van der Waals surface area (Å²) in [6.07, 6.45) is 8.50. The highest BCUT2D eigenvalue weighted by Gasteiger charge is 2.12. The fourth-order valence-electron chi connectivity index (χ4n) is 2.16. The van der Waals surface area contributed by atoms with Gasteiger partial charge in [-0.1, -0.05) is 0 Å². The second kappa shape index (κ2) is 3.52. The number of anilines is 1. The number of nitrogens with one attached hydrogen (secondary N) is 1. The first-order valence-corrected chi connectivity index (χ1v) is 5.70. The minimum atomic E-state index is 0.425. The molecule has 0 fully saturated rings. The molecule has 0 saturated carbocycles. The summed E-state index contributed by atoms with van der Waals surface area (Å²) in [7, 11) is 0. The van der Waals surface area contributed by atoms with E-state index in [0.29, 0.717) is 11.5 Å². The lowest BCUT2D eigenvalue weighted by Gasteiger charge is -2.00. The minimum Gasteiger partial charge on any atom is -0.383 e. The van der Waals surface area contributed by atoms with Gasteiger partial charge in [-0.05, 0) is 6.07 Å². The van der Waals surface area contributed by atoms with E-state index in [0.717, 1.165) is 22.0 Å². The number of nitrogens with two attached hydrogens (primary N) is 1. The third kappa shape index (κ3) is 1.32. The van der Waals surface area contributed by atoms with Gasteiger partial charge in [0.05, 0.1) is 22.8 Å². The number of aromatic amines is 1. The van der Waals surface area contributed by atoms with Crippen molar-refractivity contribution >= 4 is 27.8 Å². The number of hydrogen-bond acceptors (Lipinski definition) is 5. The van der Waals surface area contributed by atoms with Crippen molar-refractivity contribution in [3.05, 3.63) is 37.2 Å². The van der Waals surface area contributed by atoms with Crippen LogP contribution in [-0.4, -0.2) is 29.7 Å². The van der Waals surface area contributed by atoms with Gasteiger partial charge in [0, 0.05) is 24.0 Å². The molecule has 0 amide bonds. The number of rotatable bonds is 1. The number of pyridine rings is 1. The fourth-order valence-corrected chi connectivity index (χ4v) is 2.16. The van der Waals surface area contributed by atoms with E-state index in [2.05, 4.69) is 25.0 Å². The molecule has 0 aliphatic rings. The maximum Gasteiger partial charge on any atom is 0.168 e. The second-order valence-electron chi connectivity index (χ2n) is 4.15. The van der Waals surface area contributed by atoms with Crippen molar-refractivity contribution < 1.29 is 0 Å². The zero-order valence-electron chi connectivity index (χ0n) is 9.78. The van der Waals surface area contributed by atoms with Gasteiger partial charge in [-0.2, -0.15) is 5.10 Å². The summed E-state index contributed by atoms with van der Waals surface area (Å²) in [5, 5.41) is 6.05. The van der Waals surface area contributed by atoms with E-state index in [1.165, 1.54) is 6.33 Å². The van der Waals surface area contributed by atoms with Crippen LogP contribution in [0.4, 0.5) is 5.82 Å². The Hall–Kier alpha value is -2.96. The molecule has 0 radical (unpaired) electrons. The standard InChI is InChI=1S/C12H9N7/c13-11-8-4-18-19(12(8)17-6-16-11)10-5-15-9-1-2-14-3-7(9)10/h1-6,15H,(H2,13,16,17). The summed E-state index contributed by atoms with van der Waals surface area (Å²) in [5.41, 5.74) is 8.37. The average molecular weight is 251 g/mol. The number of fused-ring (bicyclic) bond motifs is 2. The molecule has 0 bridgehead atoms. The number of nitrogen functional groups attached to an aromatic ring is 1. The topological polar surface area (TPSA) is 98.3 Å². The van der Waals surface area contributed by atoms with Gasteiger partial charge in [0.2, 0.25) is 0 Å². The summed E-state index contributed by atoms with van der Waals surface area (Å²) in [6.45, 7) is 0. The third-order valence-corrected chi connectivity index (χ3v) is 3.09. The van der Waals surface area contributed by atoms with Gasteiger partial charge in [0.15, 0.2) is 5.65 Å². The molecule has 4 aromatic rings. The second-order valence-corrected chi connectivity index (χ2v) is 4.15. The lowest BCUT2D eigenvalue weighted by Crippen LogP contribution is -1.98. The predicted molar refractivity (Wildman–Crippen MR) is 70.7 cm³/mol. The molecule has 4 rings (SSSR count). The molecule has 4 heterocycles. The number of aromatic nitrogens is 6. The Morgan fingerprint density at radius 2 is 2.11 bits per heavy atom. The first-order chi connectivity index (χ1) is 9.34. The minimum absolute atomic E-state index is 0.425. The van der Waals surface area contributed by atoms with Crippen molar-refractivity contribution in [2.45, 2.75) is 0 Å². The maximum absolute atomic E-state index is 5.81. The Bertz CT molecular complexity index is 889. The average Bonchev–Trinajstić information content (AvgIpc) is 3.02. The Balaban J connectivity index is 2.07.